The molecule has 0 saturated heterocycles. The van der Waals surface area contributed by atoms with Crippen molar-refractivity contribution in [2.45, 2.75) is 6.42 Å². The van der Waals surface area contributed by atoms with Crippen molar-refractivity contribution in [1.82, 2.24) is 9.97 Å². The van der Waals surface area contributed by atoms with E-state index in [9.17, 15) is 4.79 Å². The Labute approximate surface area is 148 Å². The van der Waals surface area contributed by atoms with Gasteiger partial charge in [-0.3, -0.25) is 9.78 Å². The molecule has 5 nitrogen and oxygen atoms in total. The molecule has 0 aliphatic carbocycles. The molecule has 4 aromatic rings. The van der Waals surface area contributed by atoms with E-state index < -0.39 is 0 Å². The van der Waals surface area contributed by atoms with Crippen LogP contribution in [0.3, 0.4) is 0 Å². The molecule has 0 saturated carbocycles. The van der Waals surface area contributed by atoms with Crippen LogP contribution in [0.5, 0.6) is 5.75 Å². The molecular formula is C19H17N3O2S. The maximum atomic E-state index is 12.3. The number of pyridine rings is 2. The molecule has 1 aromatic carbocycles. The fraction of sp³-hybridized carbons (Fsp3) is 0.158. The molecule has 3 N–H and O–H groups in total. The molecular weight excluding hydrogens is 334 g/mol. The topological polar surface area (TPSA) is 81.0 Å². The van der Waals surface area contributed by atoms with Gasteiger partial charge in [-0.25, -0.2) is 0 Å². The number of methoxy groups -OCH3 is 1. The van der Waals surface area contributed by atoms with Gasteiger partial charge in [-0.05, 0) is 36.2 Å². The normalized spacial score (nSPS) is 11.3. The number of aromatic nitrogens is 2. The van der Waals surface area contributed by atoms with Gasteiger partial charge in [-0.1, -0.05) is 6.07 Å². The number of thiophene rings is 1. The summed E-state index contributed by atoms with van der Waals surface area (Å²) < 4.78 is 6.32. The van der Waals surface area contributed by atoms with Crippen LogP contribution in [0.15, 0.2) is 46.7 Å². The molecule has 0 spiro atoms. The van der Waals surface area contributed by atoms with Gasteiger partial charge >= 0.3 is 0 Å². The molecule has 126 valence electrons. The summed E-state index contributed by atoms with van der Waals surface area (Å²) in [6.45, 7) is 0.570. The first kappa shape index (κ1) is 15.8. The largest absolute Gasteiger partial charge is 0.496 e. The second-order valence-corrected chi connectivity index (χ2v) is 6.68. The van der Waals surface area contributed by atoms with Crippen molar-refractivity contribution in [3.05, 3.63) is 58.0 Å². The Kier molecular flexibility index (Phi) is 3.99. The summed E-state index contributed by atoms with van der Waals surface area (Å²) in [5.74, 6) is 0.750. The summed E-state index contributed by atoms with van der Waals surface area (Å²) in [5.41, 5.74) is 9.17. The molecule has 0 fully saturated rings. The second kappa shape index (κ2) is 6.31. The van der Waals surface area contributed by atoms with Gasteiger partial charge in [-0.2, -0.15) is 0 Å². The predicted octanol–water partition coefficient (Wildman–Crippen LogP) is 3.31. The van der Waals surface area contributed by atoms with E-state index in [1.54, 1.807) is 7.11 Å². The van der Waals surface area contributed by atoms with Crippen LogP contribution in [0.1, 0.15) is 5.69 Å². The molecule has 4 rings (SSSR count). The zero-order chi connectivity index (χ0) is 17.4. The molecule has 0 unspecified atom stereocenters. The van der Waals surface area contributed by atoms with Crippen molar-refractivity contribution in [3.63, 3.8) is 0 Å². The lowest BCUT2D eigenvalue weighted by atomic mass is 9.98. The number of hydrogen-bond acceptors (Lipinski definition) is 5. The number of H-pyrrole nitrogens is 1. The molecule has 6 heteroatoms. The highest BCUT2D eigenvalue weighted by atomic mass is 32.1. The van der Waals surface area contributed by atoms with Gasteiger partial charge in [0.2, 0.25) is 0 Å². The van der Waals surface area contributed by atoms with Gasteiger partial charge in [0.05, 0.1) is 7.11 Å². The van der Waals surface area contributed by atoms with E-state index in [0.29, 0.717) is 6.54 Å². The fourth-order valence-electron chi connectivity index (χ4n) is 3.15. The van der Waals surface area contributed by atoms with Crippen molar-refractivity contribution in [2.75, 3.05) is 13.7 Å². The maximum Gasteiger partial charge on any atom is 0.266 e. The molecule has 0 bridgehead atoms. The van der Waals surface area contributed by atoms with Gasteiger partial charge in [0.25, 0.3) is 5.56 Å². The van der Waals surface area contributed by atoms with Gasteiger partial charge in [-0.15, -0.1) is 11.3 Å². The van der Waals surface area contributed by atoms with Crippen LogP contribution >= 0.6 is 11.3 Å². The van der Waals surface area contributed by atoms with E-state index in [1.807, 2.05) is 41.9 Å². The van der Waals surface area contributed by atoms with Crippen LogP contribution in [-0.2, 0) is 6.42 Å². The van der Waals surface area contributed by atoms with E-state index in [1.165, 1.54) is 11.3 Å². The number of nitrogens with one attached hydrogen (secondary N) is 1. The summed E-state index contributed by atoms with van der Waals surface area (Å²) in [6, 6.07) is 9.75. The number of hydrogen-bond donors (Lipinski definition) is 2. The third kappa shape index (κ3) is 2.59. The van der Waals surface area contributed by atoms with Gasteiger partial charge < -0.3 is 15.5 Å². The molecule has 3 heterocycles. The molecule has 3 aromatic heterocycles. The quantitative estimate of drug-likeness (QED) is 0.591. The highest BCUT2D eigenvalue weighted by molar-refractivity contribution is 7.17. The SMILES string of the molecule is COc1ccc2[nH]c(=O)c3sccc3c2c1-c1ccc(CCN)nc1. The van der Waals surface area contributed by atoms with Crippen molar-refractivity contribution in [2.24, 2.45) is 5.73 Å². The fourth-order valence-corrected chi connectivity index (χ4v) is 3.95. The van der Waals surface area contributed by atoms with Crippen molar-refractivity contribution < 1.29 is 4.74 Å². The minimum atomic E-state index is -0.0648. The number of fused-ring (bicyclic) bond motifs is 3. The monoisotopic (exact) mass is 351 g/mol. The lowest BCUT2D eigenvalue weighted by Gasteiger charge is -2.13. The first-order valence-electron chi connectivity index (χ1n) is 7.98. The minimum Gasteiger partial charge on any atom is -0.496 e. The maximum absolute atomic E-state index is 12.3. The Balaban J connectivity index is 2.06. The summed E-state index contributed by atoms with van der Waals surface area (Å²) in [7, 11) is 1.65. The molecule has 0 atom stereocenters. The average Bonchev–Trinajstić information content (AvgIpc) is 3.12. The number of ether oxygens (including phenoxy) is 1. The Morgan fingerprint density at radius 2 is 2.12 bits per heavy atom. The van der Waals surface area contributed by atoms with Crippen LogP contribution in [-0.4, -0.2) is 23.6 Å². The van der Waals surface area contributed by atoms with Crippen LogP contribution in [0, 0.1) is 0 Å². The Morgan fingerprint density at radius 3 is 2.84 bits per heavy atom. The molecule has 0 amide bonds. The summed E-state index contributed by atoms with van der Waals surface area (Å²) in [6.07, 6.45) is 2.58. The van der Waals surface area contributed by atoms with Gasteiger partial charge in [0, 0.05) is 45.7 Å². The molecule has 25 heavy (non-hydrogen) atoms. The van der Waals surface area contributed by atoms with E-state index in [-0.39, 0.29) is 5.56 Å². The predicted molar refractivity (Wildman–Crippen MR) is 102 cm³/mol. The van der Waals surface area contributed by atoms with Gasteiger partial charge in [0.1, 0.15) is 10.4 Å². The lowest BCUT2D eigenvalue weighted by molar-refractivity contribution is 0.417. The third-order valence-corrected chi connectivity index (χ3v) is 5.20. The first-order chi connectivity index (χ1) is 12.2. The van der Waals surface area contributed by atoms with Crippen LogP contribution in [0.2, 0.25) is 0 Å². The van der Waals surface area contributed by atoms with Crippen molar-refractivity contribution in [3.8, 4) is 16.9 Å². The number of nitrogens with zero attached hydrogens (tertiary/aromatic N) is 1. The highest BCUT2D eigenvalue weighted by Gasteiger charge is 2.16. The number of benzene rings is 1. The van der Waals surface area contributed by atoms with E-state index in [2.05, 4.69) is 9.97 Å². The molecule has 0 aliphatic heterocycles. The van der Waals surface area contributed by atoms with E-state index in [0.717, 1.165) is 50.0 Å². The smallest absolute Gasteiger partial charge is 0.266 e. The average molecular weight is 351 g/mol. The molecule has 0 aliphatic rings. The number of aromatic amines is 1. The van der Waals surface area contributed by atoms with E-state index in [4.69, 9.17) is 10.5 Å². The lowest BCUT2D eigenvalue weighted by Crippen LogP contribution is -2.05. The van der Waals surface area contributed by atoms with Crippen LogP contribution in [0.4, 0.5) is 0 Å². The molecule has 0 radical (unpaired) electrons. The number of rotatable bonds is 4. The van der Waals surface area contributed by atoms with Gasteiger partial charge in [0.15, 0.2) is 0 Å². The zero-order valence-corrected chi connectivity index (χ0v) is 14.5. The standard InChI is InChI=1S/C19H17N3O2S/c1-24-15-5-4-14-17(13-7-9-25-18(13)19(23)22-14)16(15)11-2-3-12(6-8-20)21-10-11/h2-5,7,9-10H,6,8,20H2,1H3,(H,22,23). The van der Waals surface area contributed by atoms with E-state index >= 15 is 0 Å². The highest BCUT2D eigenvalue weighted by Crippen LogP contribution is 2.39. The Morgan fingerprint density at radius 1 is 1.24 bits per heavy atom. The minimum absolute atomic E-state index is 0.0648. The number of nitrogens with two attached hydrogens (primary N) is 1. The summed E-state index contributed by atoms with van der Waals surface area (Å²) in [4.78, 5) is 19.8. The Hall–Kier alpha value is -2.70. The van der Waals surface area contributed by atoms with Crippen LogP contribution in [0.25, 0.3) is 32.1 Å². The zero-order valence-electron chi connectivity index (χ0n) is 13.7. The van der Waals surface area contributed by atoms with Crippen LogP contribution < -0.4 is 16.0 Å². The third-order valence-electron chi connectivity index (χ3n) is 4.29. The summed E-state index contributed by atoms with van der Waals surface area (Å²) >= 11 is 1.44. The summed E-state index contributed by atoms with van der Waals surface area (Å²) in [5, 5.41) is 3.85. The second-order valence-electron chi connectivity index (χ2n) is 5.76. The van der Waals surface area contributed by atoms with Crippen molar-refractivity contribution >= 4 is 32.3 Å². The van der Waals surface area contributed by atoms with Crippen molar-refractivity contribution in [1.29, 1.82) is 0 Å². The Bertz CT molecular complexity index is 1110. The first-order valence-corrected chi connectivity index (χ1v) is 8.86.